The number of hydrogen-bond acceptors (Lipinski definition) is 11. The molecule has 6 aliphatic heterocycles. The summed E-state index contributed by atoms with van der Waals surface area (Å²) in [6.45, 7) is 2.11. The molecule has 0 saturated carbocycles. The van der Waals surface area contributed by atoms with Gasteiger partial charge in [0, 0.05) is 75.1 Å². The van der Waals surface area contributed by atoms with Crippen molar-refractivity contribution in [2.45, 2.75) is 81.1 Å². The number of phenols is 1. The molecule has 9 rings (SSSR count). The predicted molar refractivity (Wildman–Crippen MR) is 207 cm³/mol. The van der Waals surface area contributed by atoms with Crippen LogP contribution in [0.5, 0.6) is 5.75 Å². The molecule has 3 aromatic rings. The van der Waals surface area contributed by atoms with E-state index >= 15 is 17.6 Å². The van der Waals surface area contributed by atoms with Crippen molar-refractivity contribution >= 4 is 34.9 Å². The van der Waals surface area contributed by atoms with Crippen molar-refractivity contribution in [1.29, 1.82) is 0 Å². The van der Waals surface area contributed by atoms with E-state index in [1.165, 1.54) is 28.0 Å². The smallest absolute Gasteiger partial charge is 0.275 e. The third-order valence-electron chi connectivity index (χ3n) is 13.5. The number of imide groups is 1. The molecule has 1 aromatic heterocycles. The number of nitrogens with one attached hydrogen (secondary N) is 2. The lowest BCUT2D eigenvalue weighted by atomic mass is 9.90. The van der Waals surface area contributed by atoms with E-state index in [0.29, 0.717) is 44.7 Å². The summed E-state index contributed by atoms with van der Waals surface area (Å²) >= 11 is 0. The molecule has 0 radical (unpaired) electrons. The van der Waals surface area contributed by atoms with Gasteiger partial charge in [-0.3, -0.25) is 29.5 Å². The second-order valence-corrected chi connectivity index (χ2v) is 17.0. The van der Waals surface area contributed by atoms with Crippen LogP contribution >= 0.6 is 0 Å². The van der Waals surface area contributed by atoms with Gasteiger partial charge in [-0.2, -0.15) is 0 Å². The number of benzene rings is 2. The van der Waals surface area contributed by atoms with E-state index in [4.69, 9.17) is 0 Å². The maximum Gasteiger partial charge on any atom is 0.275 e. The normalized spacial score (nSPS) is 27.2. The number of piperidine rings is 3. The maximum atomic E-state index is 16.2. The Hall–Kier alpha value is -5.10. The highest BCUT2D eigenvalue weighted by molar-refractivity contribution is 6.05. The van der Waals surface area contributed by atoms with Gasteiger partial charge in [0.15, 0.2) is 17.4 Å². The highest BCUT2D eigenvalue weighted by Crippen LogP contribution is 2.48. The number of nitrogens with zero attached hydrogens (tertiary/aromatic N) is 7. The highest BCUT2D eigenvalue weighted by atomic mass is 19.3. The topological polar surface area (TPSA) is 137 Å². The van der Waals surface area contributed by atoms with Crippen LogP contribution in [0.2, 0.25) is 0 Å². The highest BCUT2D eigenvalue weighted by Gasteiger charge is 2.58. The zero-order valence-electron chi connectivity index (χ0n) is 32.5. The summed E-state index contributed by atoms with van der Waals surface area (Å²) < 4.78 is 76.6. The van der Waals surface area contributed by atoms with Gasteiger partial charge in [-0.15, -0.1) is 10.2 Å². The van der Waals surface area contributed by atoms with Crippen molar-refractivity contribution in [3.63, 3.8) is 0 Å². The lowest BCUT2D eigenvalue weighted by Gasteiger charge is -2.45. The molecule has 7 heterocycles. The first-order valence-electron chi connectivity index (χ1n) is 20.2. The number of carbonyl (C=O) groups excluding carboxylic acids is 3. The summed E-state index contributed by atoms with van der Waals surface area (Å²) in [5, 5.41) is 23.9. The van der Waals surface area contributed by atoms with Crippen LogP contribution in [-0.2, 0) is 16.1 Å². The van der Waals surface area contributed by atoms with Gasteiger partial charge in [0.2, 0.25) is 11.8 Å². The molecule has 1 unspecified atom stereocenters. The fraction of sp³-hybridized carbons (Fsp3) is 0.537. The third-order valence-corrected chi connectivity index (χ3v) is 13.5. The van der Waals surface area contributed by atoms with Crippen molar-refractivity contribution in [2.75, 3.05) is 68.0 Å². The zero-order valence-corrected chi connectivity index (χ0v) is 32.5. The van der Waals surface area contributed by atoms with Crippen LogP contribution in [0, 0.1) is 11.7 Å². The van der Waals surface area contributed by atoms with Gasteiger partial charge in [-0.1, -0.05) is 12.1 Å². The molecule has 0 spiro atoms. The van der Waals surface area contributed by atoms with Crippen LogP contribution in [0.1, 0.15) is 54.4 Å². The Kier molecular flexibility index (Phi) is 9.92. The molecule has 13 nitrogen and oxygen atoms in total. The number of rotatable bonds is 8. The third kappa shape index (κ3) is 6.90. The van der Waals surface area contributed by atoms with Crippen molar-refractivity contribution < 1.29 is 41.4 Å². The zero-order chi connectivity index (χ0) is 41.4. The monoisotopic (exact) mass is 823 g/mol. The fourth-order valence-electron chi connectivity index (χ4n) is 10.2. The van der Waals surface area contributed by atoms with Crippen LogP contribution in [0.25, 0.3) is 11.3 Å². The molecular formula is C41H46F5N9O4. The van der Waals surface area contributed by atoms with Crippen LogP contribution in [0.3, 0.4) is 0 Å². The second kappa shape index (κ2) is 14.9. The lowest BCUT2D eigenvalue weighted by Crippen LogP contribution is -2.60. The van der Waals surface area contributed by atoms with E-state index in [9.17, 15) is 23.9 Å². The first-order valence-corrected chi connectivity index (χ1v) is 20.2. The Morgan fingerprint density at radius 2 is 1.80 bits per heavy atom. The van der Waals surface area contributed by atoms with Crippen molar-refractivity contribution in [3.05, 3.63) is 59.4 Å². The van der Waals surface area contributed by atoms with Gasteiger partial charge in [0.1, 0.15) is 11.6 Å². The molecule has 3 amide bonds. The number of alkyl halides is 4. The van der Waals surface area contributed by atoms with E-state index in [1.807, 2.05) is 23.1 Å². The summed E-state index contributed by atoms with van der Waals surface area (Å²) in [6.07, 6.45) is -0.666. The number of fused-ring (bicyclic) bond motifs is 4. The van der Waals surface area contributed by atoms with Gasteiger partial charge in [0.05, 0.1) is 24.0 Å². The average Bonchev–Trinajstić information content (AvgIpc) is 3.78. The maximum absolute atomic E-state index is 16.2. The Balaban J connectivity index is 0.814. The molecule has 4 fully saturated rings. The summed E-state index contributed by atoms with van der Waals surface area (Å²) in [7, 11) is 1.60. The van der Waals surface area contributed by atoms with Crippen molar-refractivity contribution in [2.24, 2.45) is 5.92 Å². The number of likely N-dealkylation sites (N-methyl/N-ethyl adjacent to an activating group) is 1. The quantitative estimate of drug-likeness (QED) is 0.222. The number of phenolic OH excluding ortho intramolecular Hbond substituents is 1. The first-order chi connectivity index (χ1) is 28.2. The number of para-hydroxylation sites is 1. The Bertz CT molecular complexity index is 2170. The number of halogens is 5. The Morgan fingerprint density at radius 1 is 1.00 bits per heavy atom. The minimum Gasteiger partial charge on any atom is -0.504 e. The lowest BCUT2D eigenvalue weighted by molar-refractivity contribution is -0.137. The van der Waals surface area contributed by atoms with Gasteiger partial charge < -0.3 is 25.1 Å². The van der Waals surface area contributed by atoms with E-state index in [1.54, 1.807) is 11.9 Å². The second-order valence-electron chi connectivity index (χ2n) is 17.0. The number of carbonyl (C=O) groups is 3. The molecule has 0 bridgehead atoms. The molecule has 0 aliphatic carbocycles. The minimum atomic E-state index is -3.10. The standard InChI is InChI=1S/C41H46F5N9O4/c1-51(26-17-40(39(43)44)21-47-36-32(55(40)20-26)16-30(49-50-36)27-3-2-4-29(42)35(27)57)33-11-12-52(22-41(33,45)46)18-23-9-13-53(14-10-23)25-6-5-24-19-54(38(59)28(24)15-25)31-7-8-34(56)48-37(31)58/h2-6,15-16,23,26,31,33,39,57H,7-14,17-22H2,1H3,(H,47,50)(H,48,56,58)/t26-,31+,33?,40+/m1/s1. The number of hydrogen-bond donors (Lipinski definition) is 3. The number of aromatic hydroxyl groups is 1. The molecule has 18 heteroatoms. The fourth-order valence-corrected chi connectivity index (χ4v) is 10.2. The summed E-state index contributed by atoms with van der Waals surface area (Å²) in [5.74, 6) is -5.17. The van der Waals surface area contributed by atoms with Crippen LogP contribution < -0.4 is 20.4 Å². The number of anilines is 3. The molecular weight excluding hydrogens is 777 g/mol. The summed E-state index contributed by atoms with van der Waals surface area (Å²) in [4.78, 5) is 46.1. The van der Waals surface area contributed by atoms with Crippen LogP contribution in [0.15, 0.2) is 42.5 Å². The van der Waals surface area contributed by atoms with Crippen molar-refractivity contribution in [1.82, 2.24) is 30.2 Å². The predicted octanol–water partition coefficient (Wildman–Crippen LogP) is 4.32. The molecule has 3 N–H and O–H groups in total. The van der Waals surface area contributed by atoms with Crippen LogP contribution in [-0.4, -0.2) is 137 Å². The molecule has 6 aliphatic rings. The number of likely N-dealkylation sites (tertiary alicyclic amines) is 1. The van der Waals surface area contributed by atoms with Gasteiger partial charge in [-0.05, 0) is 81.0 Å². The van der Waals surface area contributed by atoms with Crippen molar-refractivity contribution in [3.8, 4) is 17.0 Å². The molecule has 59 heavy (non-hydrogen) atoms. The van der Waals surface area contributed by atoms with Crippen LogP contribution in [0.4, 0.5) is 39.1 Å². The minimum absolute atomic E-state index is 0.0428. The molecule has 314 valence electrons. The Morgan fingerprint density at radius 3 is 2.54 bits per heavy atom. The summed E-state index contributed by atoms with van der Waals surface area (Å²) in [6, 6.07) is 8.70. The average molecular weight is 824 g/mol. The van der Waals surface area contributed by atoms with E-state index in [0.717, 1.165) is 30.2 Å². The summed E-state index contributed by atoms with van der Waals surface area (Å²) in [5.41, 5.74) is 1.01. The number of aromatic nitrogens is 2. The Labute approximate surface area is 337 Å². The van der Waals surface area contributed by atoms with E-state index in [-0.39, 0.29) is 72.8 Å². The van der Waals surface area contributed by atoms with E-state index in [2.05, 4.69) is 25.7 Å². The number of amides is 3. The van der Waals surface area contributed by atoms with Gasteiger partial charge >= 0.3 is 0 Å². The first kappa shape index (κ1) is 39.4. The molecule has 4 atom stereocenters. The van der Waals surface area contributed by atoms with Gasteiger partial charge in [0.25, 0.3) is 18.3 Å². The SMILES string of the molecule is CN(C1CCN(CC2CCN(c3ccc4c(c3)C(=O)N([C@H]3CCC(=O)NC3=O)C4)CC2)CC1(F)F)[C@H]1CN2c3cc(-c4cccc(F)c4O)nnc3NC[C@]2(C(F)F)C1. The largest absolute Gasteiger partial charge is 0.504 e. The van der Waals surface area contributed by atoms with Gasteiger partial charge in [-0.25, -0.2) is 22.0 Å². The molecule has 2 aromatic carbocycles. The molecule has 4 saturated heterocycles. The van der Waals surface area contributed by atoms with E-state index < -0.39 is 60.0 Å².